The number of hydrogen-bond donors (Lipinski definition) is 0. The highest BCUT2D eigenvalue weighted by molar-refractivity contribution is 7.25. The van der Waals surface area contributed by atoms with Crippen molar-refractivity contribution in [2.45, 2.75) is 12.8 Å². The summed E-state index contributed by atoms with van der Waals surface area (Å²) in [7, 11) is 0. The summed E-state index contributed by atoms with van der Waals surface area (Å²) >= 11 is 1.87. The van der Waals surface area contributed by atoms with Crippen LogP contribution in [0.25, 0.3) is 86.3 Å². The molecule has 1 aliphatic carbocycles. The standard InChI is InChI=1S/C58H40N2S/c1-2-11-39(12-3-1)40-21-30-45(31-22-40)59(47-36-27-44(28-37-47)50-17-10-20-56-58(50)52-16-7-9-19-55(52)61-56)46-32-23-41(24-33-46)42-25-34-48(35-26-42)60-53-18-8-6-15-51(53)57-49-14-5-4-13-43(49)29-38-54(57)60/h1-25,27-34,36-38H,26,35H2. The maximum absolute atomic E-state index is 2.49. The van der Waals surface area contributed by atoms with Crippen molar-refractivity contribution < 1.29 is 0 Å². The SMILES string of the molecule is C1=C(c2ccc(N(c3ccc(-c4ccccc4)cc3)c3ccc(-c4cccc5sc6ccccc6c45)cc3)cc2)CCC(n2c3ccccc3c3c4ccccc4ccc32)=C1. The Morgan fingerprint density at radius 2 is 0.984 bits per heavy atom. The van der Waals surface area contributed by atoms with Gasteiger partial charge >= 0.3 is 0 Å². The first kappa shape index (κ1) is 35.5. The predicted octanol–water partition coefficient (Wildman–Crippen LogP) is 16.8. The minimum Gasteiger partial charge on any atom is -0.313 e. The number of hydrogen-bond acceptors (Lipinski definition) is 2. The Morgan fingerprint density at radius 3 is 1.72 bits per heavy atom. The van der Waals surface area contributed by atoms with E-state index in [4.69, 9.17) is 0 Å². The molecule has 0 N–H and O–H groups in total. The Bertz CT molecular complexity index is 3490. The number of para-hydroxylation sites is 1. The molecule has 11 aromatic rings. The van der Waals surface area contributed by atoms with Crippen LogP contribution in [-0.4, -0.2) is 4.57 Å². The van der Waals surface area contributed by atoms with Gasteiger partial charge in [-0.3, -0.25) is 0 Å². The van der Waals surface area contributed by atoms with Crippen LogP contribution in [0, 0.1) is 0 Å². The van der Waals surface area contributed by atoms with Gasteiger partial charge in [-0.1, -0.05) is 152 Å². The van der Waals surface area contributed by atoms with E-state index in [9.17, 15) is 0 Å². The second-order valence-corrected chi connectivity index (χ2v) is 17.1. The number of anilines is 3. The van der Waals surface area contributed by atoms with Gasteiger partial charge in [-0.25, -0.2) is 0 Å². The van der Waals surface area contributed by atoms with Crippen LogP contribution in [-0.2, 0) is 0 Å². The van der Waals surface area contributed by atoms with E-state index in [2.05, 4.69) is 228 Å². The molecule has 0 amide bonds. The van der Waals surface area contributed by atoms with Crippen molar-refractivity contribution in [2.75, 3.05) is 4.90 Å². The number of rotatable bonds is 7. The monoisotopic (exact) mass is 796 g/mol. The van der Waals surface area contributed by atoms with Crippen molar-refractivity contribution >= 4 is 92.4 Å². The molecule has 1 aliphatic rings. The van der Waals surface area contributed by atoms with E-state index in [1.165, 1.54) is 91.8 Å². The van der Waals surface area contributed by atoms with E-state index in [0.29, 0.717) is 0 Å². The van der Waals surface area contributed by atoms with Crippen molar-refractivity contribution in [1.29, 1.82) is 0 Å². The molecule has 2 heterocycles. The average Bonchev–Trinajstić information content (AvgIpc) is 3.89. The topological polar surface area (TPSA) is 8.17 Å². The van der Waals surface area contributed by atoms with E-state index in [0.717, 1.165) is 29.9 Å². The second kappa shape index (κ2) is 14.7. The Balaban J connectivity index is 0.900. The molecule has 0 spiro atoms. The fourth-order valence-corrected chi connectivity index (χ4v) is 10.7. The molecule has 2 nitrogen and oxygen atoms in total. The van der Waals surface area contributed by atoms with E-state index >= 15 is 0 Å². The number of allylic oxidation sites excluding steroid dienone is 4. The molecule has 61 heavy (non-hydrogen) atoms. The fraction of sp³-hybridized carbons (Fsp3) is 0.0345. The van der Waals surface area contributed by atoms with Gasteiger partial charge in [0.25, 0.3) is 0 Å². The maximum Gasteiger partial charge on any atom is 0.0544 e. The minimum atomic E-state index is 0.968. The van der Waals surface area contributed by atoms with Gasteiger partial charge in [0.1, 0.15) is 0 Å². The summed E-state index contributed by atoms with van der Waals surface area (Å²) in [4.78, 5) is 2.38. The number of thiophene rings is 1. The zero-order chi connectivity index (χ0) is 40.3. The zero-order valence-corrected chi connectivity index (χ0v) is 34.3. The molecular formula is C58H40N2S. The molecule has 288 valence electrons. The van der Waals surface area contributed by atoms with Gasteiger partial charge in [-0.05, 0) is 124 Å². The van der Waals surface area contributed by atoms with Gasteiger partial charge in [-0.2, -0.15) is 0 Å². The van der Waals surface area contributed by atoms with E-state index in [1.807, 2.05) is 11.3 Å². The predicted molar refractivity (Wildman–Crippen MR) is 263 cm³/mol. The summed E-state index contributed by atoms with van der Waals surface area (Å²) in [6.07, 6.45) is 6.63. The van der Waals surface area contributed by atoms with Gasteiger partial charge in [0.05, 0.1) is 11.0 Å². The van der Waals surface area contributed by atoms with Crippen molar-refractivity contribution in [2.24, 2.45) is 0 Å². The van der Waals surface area contributed by atoms with E-state index < -0.39 is 0 Å². The Morgan fingerprint density at radius 1 is 0.377 bits per heavy atom. The lowest BCUT2D eigenvalue weighted by Gasteiger charge is -2.26. The average molecular weight is 797 g/mol. The summed E-state index contributed by atoms with van der Waals surface area (Å²) in [5.74, 6) is 0. The van der Waals surface area contributed by atoms with E-state index in [-0.39, 0.29) is 0 Å². The van der Waals surface area contributed by atoms with Crippen molar-refractivity contribution in [1.82, 2.24) is 4.57 Å². The maximum atomic E-state index is 2.49. The first-order chi connectivity index (χ1) is 30.2. The van der Waals surface area contributed by atoms with Crippen molar-refractivity contribution in [3.05, 3.63) is 224 Å². The Hall–Kier alpha value is -7.46. The Kier molecular flexibility index (Phi) is 8.53. The first-order valence-corrected chi connectivity index (χ1v) is 21.9. The van der Waals surface area contributed by atoms with Crippen LogP contribution < -0.4 is 4.90 Å². The van der Waals surface area contributed by atoms with Crippen LogP contribution in [0.5, 0.6) is 0 Å². The molecule has 0 radical (unpaired) electrons. The van der Waals surface area contributed by atoms with Crippen LogP contribution >= 0.6 is 11.3 Å². The summed E-state index contributed by atoms with van der Waals surface area (Å²) in [5.41, 5.74) is 14.8. The third-order valence-electron chi connectivity index (χ3n) is 12.5. The zero-order valence-electron chi connectivity index (χ0n) is 33.5. The smallest absolute Gasteiger partial charge is 0.0544 e. The van der Waals surface area contributed by atoms with E-state index in [1.54, 1.807) is 0 Å². The lowest BCUT2D eigenvalue weighted by molar-refractivity contribution is 0.992. The number of nitrogens with zero attached hydrogens (tertiary/aromatic N) is 2. The second-order valence-electron chi connectivity index (χ2n) is 16.0. The van der Waals surface area contributed by atoms with Crippen LogP contribution in [0.3, 0.4) is 0 Å². The normalized spacial score (nSPS) is 13.0. The first-order valence-electron chi connectivity index (χ1n) is 21.1. The molecule has 3 heteroatoms. The third kappa shape index (κ3) is 6.08. The van der Waals surface area contributed by atoms with Crippen molar-refractivity contribution in [3.63, 3.8) is 0 Å². The summed E-state index contributed by atoms with van der Waals surface area (Å²) in [6, 6.07) is 75.5. The highest BCUT2D eigenvalue weighted by Crippen LogP contribution is 2.43. The molecule has 0 fully saturated rings. The van der Waals surface area contributed by atoms with Gasteiger partial charge in [0, 0.05) is 53.7 Å². The summed E-state index contributed by atoms with van der Waals surface area (Å²) in [6.45, 7) is 0. The van der Waals surface area contributed by atoms with Gasteiger partial charge in [-0.15, -0.1) is 11.3 Å². The number of fused-ring (bicyclic) bond motifs is 8. The summed E-state index contributed by atoms with van der Waals surface area (Å²) in [5, 5.41) is 7.89. The molecule has 0 bridgehead atoms. The lowest BCUT2D eigenvalue weighted by Crippen LogP contribution is -2.10. The molecule has 12 rings (SSSR count). The molecule has 0 saturated heterocycles. The van der Waals surface area contributed by atoms with Crippen LogP contribution in [0.2, 0.25) is 0 Å². The summed E-state index contributed by atoms with van der Waals surface area (Å²) < 4.78 is 5.14. The number of benzene rings is 9. The van der Waals surface area contributed by atoms with Gasteiger partial charge < -0.3 is 9.47 Å². The van der Waals surface area contributed by atoms with Crippen molar-refractivity contribution in [3.8, 4) is 22.3 Å². The molecule has 9 aromatic carbocycles. The molecule has 0 saturated carbocycles. The molecule has 2 aromatic heterocycles. The number of aromatic nitrogens is 1. The van der Waals surface area contributed by atoms with Gasteiger partial charge in [0.2, 0.25) is 0 Å². The largest absolute Gasteiger partial charge is 0.313 e. The van der Waals surface area contributed by atoms with Crippen LogP contribution in [0.1, 0.15) is 18.4 Å². The van der Waals surface area contributed by atoms with Crippen LogP contribution in [0.4, 0.5) is 17.1 Å². The minimum absolute atomic E-state index is 0.968. The quantitative estimate of drug-likeness (QED) is 0.156. The lowest BCUT2D eigenvalue weighted by atomic mass is 9.95. The van der Waals surface area contributed by atoms with Crippen LogP contribution in [0.15, 0.2) is 218 Å². The highest BCUT2D eigenvalue weighted by Gasteiger charge is 2.19. The fourth-order valence-electron chi connectivity index (χ4n) is 9.61. The molecule has 0 unspecified atom stereocenters. The van der Waals surface area contributed by atoms with Gasteiger partial charge in [0.15, 0.2) is 0 Å². The molecule has 0 aliphatic heterocycles. The third-order valence-corrected chi connectivity index (χ3v) is 13.7. The Labute approximate surface area is 359 Å². The molecular weight excluding hydrogens is 757 g/mol. The highest BCUT2D eigenvalue weighted by atomic mass is 32.1. The molecule has 0 atom stereocenters.